The van der Waals surface area contributed by atoms with Crippen LogP contribution in [0.2, 0.25) is 0 Å². The zero-order valence-electron chi connectivity index (χ0n) is 11.5. The number of benzene rings is 1. The first-order valence-electron chi connectivity index (χ1n) is 6.53. The van der Waals surface area contributed by atoms with Crippen molar-refractivity contribution in [2.24, 2.45) is 0 Å². The molecule has 1 saturated carbocycles. The van der Waals surface area contributed by atoms with Crippen LogP contribution in [-0.4, -0.2) is 23.6 Å². The van der Waals surface area contributed by atoms with E-state index < -0.39 is 0 Å². The van der Waals surface area contributed by atoms with Crippen molar-refractivity contribution in [3.63, 3.8) is 0 Å². The third-order valence-corrected chi connectivity index (χ3v) is 4.31. The van der Waals surface area contributed by atoms with Gasteiger partial charge in [0.05, 0.1) is 0 Å². The average molecular weight is 313 g/mol. The van der Waals surface area contributed by atoms with Gasteiger partial charge in [0.25, 0.3) is 0 Å². The first kappa shape index (κ1) is 13.9. The third kappa shape index (κ3) is 2.72. The summed E-state index contributed by atoms with van der Waals surface area (Å²) in [6.07, 6.45) is 1.36. The van der Waals surface area contributed by atoms with Crippen molar-refractivity contribution < 1.29 is 9.47 Å². The standard InChI is InChI=1S/C15H21BrO2/c1-5-17-15-12(16)8-13(15)18-14-10(3)6-9(2)7-11(14)4/h6-7,12-13,15H,5,8H2,1-4H3. The zero-order valence-corrected chi connectivity index (χ0v) is 13.1. The topological polar surface area (TPSA) is 18.5 Å². The first-order valence-corrected chi connectivity index (χ1v) is 7.44. The van der Waals surface area contributed by atoms with E-state index in [1.54, 1.807) is 0 Å². The highest BCUT2D eigenvalue weighted by Gasteiger charge is 2.42. The van der Waals surface area contributed by atoms with Crippen molar-refractivity contribution in [1.29, 1.82) is 0 Å². The second kappa shape index (κ2) is 5.62. The quantitative estimate of drug-likeness (QED) is 0.784. The van der Waals surface area contributed by atoms with Gasteiger partial charge in [-0.3, -0.25) is 0 Å². The van der Waals surface area contributed by atoms with Crippen LogP contribution in [0, 0.1) is 20.8 Å². The van der Waals surface area contributed by atoms with E-state index in [2.05, 4.69) is 48.8 Å². The van der Waals surface area contributed by atoms with Gasteiger partial charge in [-0.2, -0.15) is 0 Å². The summed E-state index contributed by atoms with van der Waals surface area (Å²) < 4.78 is 11.9. The fourth-order valence-corrected chi connectivity index (χ4v) is 3.41. The van der Waals surface area contributed by atoms with Crippen LogP contribution < -0.4 is 4.74 Å². The summed E-state index contributed by atoms with van der Waals surface area (Å²) in [5, 5.41) is 0. The van der Waals surface area contributed by atoms with Gasteiger partial charge in [-0.25, -0.2) is 0 Å². The van der Waals surface area contributed by atoms with Crippen molar-refractivity contribution >= 4 is 15.9 Å². The van der Waals surface area contributed by atoms with Crippen LogP contribution in [0.1, 0.15) is 30.0 Å². The van der Waals surface area contributed by atoms with Crippen molar-refractivity contribution in [2.75, 3.05) is 6.61 Å². The van der Waals surface area contributed by atoms with Crippen LogP contribution in [-0.2, 0) is 4.74 Å². The van der Waals surface area contributed by atoms with E-state index in [1.165, 1.54) is 16.7 Å². The molecule has 2 rings (SSSR count). The van der Waals surface area contributed by atoms with Gasteiger partial charge in [0, 0.05) is 17.9 Å². The summed E-state index contributed by atoms with van der Waals surface area (Å²) in [7, 11) is 0. The molecule has 3 atom stereocenters. The smallest absolute Gasteiger partial charge is 0.127 e. The lowest BCUT2D eigenvalue weighted by Crippen LogP contribution is -2.52. The van der Waals surface area contributed by atoms with Crippen LogP contribution in [0.4, 0.5) is 0 Å². The summed E-state index contributed by atoms with van der Waals surface area (Å²) in [6.45, 7) is 9.09. The number of aryl methyl sites for hydroxylation is 3. The molecular formula is C15H21BrO2. The Morgan fingerprint density at radius 2 is 1.83 bits per heavy atom. The van der Waals surface area contributed by atoms with E-state index >= 15 is 0 Å². The lowest BCUT2D eigenvalue weighted by atomic mass is 9.91. The molecule has 2 nitrogen and oxygen atoms in total. The average Bonchev–Trinajstić information content (AvgIpc) is 2.29. The molecule has 18 heavy (non-hydrogen) atoms. The number of rotatable bonds is 4. The molecule has 0 aromatic heterocycles. The molecule has 0 heterocycles. The second-order valence-electron chi connectivity index (χ2n) is 5.06. The van der Waals surface area contributed by atoms with Gasteiger partial charge >= 0.3 is 0 Å². The fraction of sp³-hybridized carbons (Fsp3) is 0.600. The maximum absolute atomic E-state index is 6.15. The highest BCUT2D eigenvalue weighted by Crippen LogP contribution is 2.36. The Bertz CT molecular complexity index is 407. The lowest BCUT2D eigenvalue weighted by Gasteiger charge is -2.41. The van der Waals surface area contributed by atoms with E-state index in [1.807, 2.05) is 6.92 Å². The molecule has 3 unspecified atom stereocenters. The molecule has 0 aliphatic heterocycles. The molecule has 0 spiro atoms. The van der Waals surface area contributed by atoms with Gasteiger partial charge in [-0.1, -0.05) is 33.6 Å². The molecule has 0 saturated heterocycles. The number of alkyl halides is 1. The van der Waals surface area contributed by atoms with Crippen molar-refractivity contribution in [2.45, 2.75) is 51.2 Å². The van der Waals surface area contributed by atoms with Gasteiger partial charge in [-0.05, 0) is 38.8 Å². The molecule has 3 heteroatoms. The van der Waals surface area contributed by atoms with Gasteiger partial charge in [0.1, 0.15) is 18.0 Å². The monoisotopic (exact) mass is 312 g/mol. The zero-order chi connectivity index (χ0) is 13.3. The first-order chi connectivity index (χ1) is 8.52. The molecule has 1 aromatic rings. The van der Waals surface area contributed by atoms with E-state index in [-0.39, 0.29) is 12.2 Å². The Morgan fingerprint density at radius 3 is 2.33 bits per heavy atom. The molecule has 1 aromatic carbocycles. The Kier molecular flexibility index (Phi) is 4.33. The van der Waals surface area contributed by atoms with Gasteiger partial charge in [0.2, 0.25) is 0 Å². The minimum Gasteiger partial charge on any atom is -0.487 e. The summed E-state index contributed by atoms with van der Waals surface area (Å²) in [4.78, 5) is 0.425. The van der Waals surface area contributed by atoms with E-state index in [0.717, 1.165) is 18.8 Å². The molecular weight excluding hydrogens is 292 g/mol. The number of hydrogen-bond acceptors (Lipinski definition) is 2. The summed E-state index contributed by atoms with van der Waals surface area (Å²) >= 11 is 3.63. The molecule has 0 N–H and O–H groups in total. The molecule has 100 valence electrons. The molecule has 0 bridgehead atoms. The Hall–Kier alpha value is -0.540. The molecule has 1 fully saturated rings. The highest BCUT2D eigenvalue weighted by molar-refractivity contribution is 9.09. The Labute approximate surface area is 118 Å². The van der Waals surface area contributed by atoms with Gasteiger partial charge < -0.3 is 9.47 Å². The van der Waals surface area contributed by atoms with Crippen molar-refractivity contribution in [3.05, 3.63) is 28.8 Å². The minimum atomic E-state index is 0.175. The normalized spacial score (nSPS) is 26.8. The van der Waals surface area contributed by atoms with E-state index in [0.29, 0.717) is 4.83 Å². The fourth-order valence-electron chi connectivity index (χ4n) is 2.55. The predicted molar refractivity (Wildman–Crippen MR) is 77.8 cm³/mol. The van der Waals surface area contributed by atoms with Crippen LogP contribution in [0.15, 0.2) is 12.1 Å². The number of hydrogen-bond donors (Lipinski definition) is 0. The Morgan fingerprint density at radius 1 is 1.22 bits per heavy atom. The van der Waals surface area contributed by atoms with Gasteiger partial charge in [0.15, 0.2) is 0 Å². The Balaban J connectivity index is 2.10. The summed E-state index contributed by atoms with van der Waals surface area (Å²) in [6, 6.07) is 4.34. The van der Waals surface area contributed by atoms with Crippen LogP contribution in [0.3, 0.4) is 0 Å². The predicted octanol–water partition coefficient (Wildman–Crippen LogP) is 3.93. The second-order valence-corrected chi connectivity index (χ2v) is 6.23. The SMILES string of the molecule is CCOC1C(Br)CC1Oc1c(C)cc(C)cc1C. The highest BCUT2D eigenvalue weighted by atomic mass is 79.9. The number of ether oxygens (including phenoxy) is 2. The molecule has 0 amide bonds. The molecule has 0 radical (unpaired) electrons. The molecule has 1 aliphatic rings. The largest absolute Gasteiger partial charge is 0.487 e. The van der Waals surface area contributed by atoms with Crippen molar-refractivity contribution in [1.82, 2.24) is 0 Å². The van der Waals surface area contributed by atoms with Crippen LogP contribution in [0.5, 0.6) is 5.75 Å². The number of halogens is 1. The minimum absolute atomic E-state index is 0.175. The van der Waals surface area contributed by atoms with Crippen molar-refractivity contribution in [3.8, 4) is 5.75 Å². The summed E-state index contributed by atoms with van der Waals surface area (Å²) in [5.41, 5.74) is 3.70. The molecule has 1 aliphatic carbocycles. The van der Waals surface area contributed by atoms with E-state index in [4.69, 9.17) is 9.47 Å². The summed E-state index contributed by atoms with van der Waals surface area (Å²) in [5.74, 6) is 1.02. The lowest BCUT2D eigenvalue weighted by molar-refractivity contribution is -0.0727. The third-order valence-electron chi connectivity index (χ3n) is 3.41. The maximum atomic E-state index is 6.15. The van der Waals surface area contributed by atoms with Crippen LogP contribution in [0.25, 0.3) is 0 Å². The maximum Gasteiger partial charge on any atom is 0.127 e. The van der Waals surface area contributed by atoms with Crippen LogP contribution >= 0.6 is 15.9 Å². The van der Waals surface area contributed by atoms with Gasteiger partial charge in [-0.15, -0.1) is 0 Å². The van der Waals surface area contributed by atoms with E-state index in [9.17, 15) is 0 Å².